The number of nitrogens with one attached hydrogen (secondary N) is 1. The summed E-state index contributed by atoms with van der Waals surface area (Å²) in [5.41, 5.74) is 3.59. The highest BCUT2D eigenvalue weighted by atomic mass is 32.2. The lowest BCUT2D eigenvalue weighted by atomic mass is 9.98. The zero-order valence-electron chi connectivity index (χ0n) is 13.8. The van der Waals surface area contributed by atoms with Gasteiger partial charge in [0.2, 0.25) is 0 Å². The van der Waals surface area contributed by atoms with Gasteiger partial charge >= 0.3 is 0 Å². The van der Waals surface area contributed by atoms with E-state index in [9.17, 15) is 0 Å². The first-order valence-electron chi connectivity index (χ1n) is 7.65. The Bertz CT molecular complexity index is 397. The van der Waals surface area contributed by atoms with Crippen LogP contribution in [0, 0.1) is 13.8 Å². The van der Waals surface area contributed by atoms with Crippen molar-refractivity contribution in [3.63, 3.8) is 0 Å². The molecule has 0 aliphatic rings. The molecule has 1 heterocycles. The zero-order valence-corrected chi connectivity index (χ0v) is 14.6. The lowest BCUT2D eigenvalue weighted by Crippen LogP contribution is -2.21. The van der Waals surface area contributed by atoms with Crippen molar-refractivity contribution in [2.24, 2.45) is 0 Å². The molecule has 2 unspecified atom stereocenters. The summed E-state index contributed by atoms with van der Waals surface area (Å²) in [5.74, 6) is 2.36. The normalized spacial score (nSPS) is 14.3. The van der Waals surface area contributed by atoms with E-state index in [1.54, 1.807) is 0 Å². The van der Waals surface area contributed by atoms with Crippen LogP contribution in [0.25, 0.3) is 0 Å². The largest absolute Gasteiger partial charge is 0.316 e. The van der Waals surface area contributed by atoms with E-state index in [2.05, 4.69) is 46.9 Å². The summed E-state index contributed by atoms with van der Waals surface area (Å²) >= 11 is 1.94. The summed E-state index contributed by atoms with van der Waals surface area (Å²) in [4.78, 5) is 9.42. The molecule has 0 saturated carbocycles. The summed E-state index contributed by atoms with van der Waals surface area (Å²) in [6, 6.07) is 0. The maximum atomic E-state index is 4.71. The van der Waals surface area contributed by atoms with Crippen LogP contribution in [-0.4, -0.2) is 28.3 Å². The first kappa shape index (κ1) is 17.4. The first-order valence-corrected chi connectivity index (χ1v) is 8.70. The molecular weight excluding hydrogens is 266 g/mol. The predicted octanol–water partition coefficient (Wildman–Crippen LogP) is 3.84. The summed E-state index contributed by atoms with van der Waals surface area (Å²) in [6.07, 6.45) is 1.19. The van der Waals surface area contributed by atoms with Crippen LogP contribution in [0.1, 0.15) is 62.8 Å². The van der Waals surface area contributed by atoms with Gasteiger partial charge in [0, 0.05) is 23.2 Å². The monoisotopic (exact) mass is 295 g/mol. The number of thioether (sulfide) groups is 1. The third-order valence-electron chi connectivity index (χ3n) is 3.64. The molecule has 114 valence electrons. The van der Waals surface area contributed by atoms with E-state index in [-0.39, 0.29) is 0 Å². The van der Waals surface area contributed by atoms with Gasteiger partial charge < -0.3 is 5.32 Å². The second kappa shape index (κ2) is 8.63. The number of hydrogen-bond acceptors (Lipinski definition) is 4. The zero-order chi connectivity index (χ0) is 15.1. The van der Waals surface area contributed by atoms with Gasteiger partial charge in [-0.15, -0.1) is 0 Å². The number of aromatic nitrogens is 2. The molecule has 1 aromatic rings. The Morgan fingerprint density at radius 3 is 2.20 bits per heavy atom. The molecule has 2 atom stereocenters. The fourth-order valence-corrected chi connectivity index (χ4v) is 3.17. The number of nitrogens with zero attached hydrogens (tertiary/aromatic N) is 2. The average Bonchev–Trinajstić information content (AvgIpc) is 2.41. The van der Waals surface area contributed by atoms with Gasteiger partial charge in [-0.2, -0.15) is 11.8 Å². The molecule has 0 amide bonds. The van der Waals surface area contributed by atoms with Crippen molar-refractivity contribution in [3.05, 3.63) is 22.8 Å². The Morgan fingerprint density at radius 2 is 1.70 bits per heavy atom. The molecule has 0 aromatic carbocycles. The number of aryl methyl sites for hydroxylation is 2. The number of rotatable bonds is 8. The first-order chi connectivity index (χ1) is 9.49. The Hall–Kier alpha value is -0.610. The van der Waals surface area contributed by atoms with E-state index in [1.807, 2.05) is 11.8 Å². The van der Waals surface area contributed by atoms with Crippen molar-refractivity contribution >= 4 is 11.8 Å². The van der Waals surface area contributed by atoms with Crippen molar-refractivity contribution in [1.82, 2.24) is 15.3 Å². The third kappa shape index (κ3) is 5.06. The molecule has 0 aliphatic heterocycles. The van der Waals surface area contributed by atoms with Gasteiger partial charge in [0.25, 0.3) is 0 Å². The molecule has 1 N–H and O–H groups in total. The average molecular weight is 295 g/mol. The second-order valence-electron chi connectivity index (χ2n) is 5.46. The van der Waals surface area contributed by atoms with Gasteiger partial charge in [0.05, 0.1) is 5.75 Å². The van der Waals surface area contributed by atoms with E-state index in [0.29, 0.717) is 11.2 Å². The molecular formula is C16H29N3S. The highest BCUT2D eigenvalue weighted by Gasteiger charge is 2.15. The fourth-order valence-electron chi connectivity index (χ4n) is 2.37. The minimum absolute atomic E-state index is 0.464. The van der Waals surface area contributed by atoms with Crippen LogP contribution in [0.2, 0.25) is 0 Å². The van der Waals surface area contributed by atoms with Crippen molar-refractivity contribution in [3.8, 4) is 0 Å². The van der Waals surface area contributed by atoms with Crippen LogP contribution in [0.4, 0.5) is 0 Å². The molecule has 0 radical (unpaired) electrons. The number of likely N-dealkylation sites (N-methyl/N-ethyl adjacent to an activating group) is 1. The third-order valence-corrected chi connectivity index (χ3v) is 4.97. The molecule has 0 saturated heterocycles. The Kier molecular flexibility index (Phi) is 7.52. The van der Waals surface area contributed by atoms with E-state index in [0.717, 1.165) is 36.1 Å². The van der Waals surface area contributed by atoms with Crippen LogP contribution in [0.3, 0.4) is 0 Å². The number of hydrogen-bond donors (Lipinski definition) is 1. The van der Waals surface area contributed by atoms with Gasteiger partial charge in [-0.05, 0) is 38.3 Å². The fraction of sp³-hybridized carbons (Fsp3) is 0.750. The Morgan fingerprint density at radius 1 is 1.10 bits per heavy atom. The maximum Gasteiger partial charge on any atom is 0.138 e. The smallest absolute Gasteiger partial charge is 0.138 e. The molecule has 0 aliphatic carbocycles. The van der Waals surface area contributed by atoms with Gasteiger partial charge in [-0.3, -0.25) is 0 Å². The van der Waals surface area contributed by atoms with E-state index < -0.39 is 0 Å². The summed E-state index contributed by atoms with van der Waals surface area (Å²) in [5, 5.41) is 4.08. The van der Waals surface area contributed by atoms with Gasteiger partial charge in [0.1, 0.15) is 5.82 Å². The van der Waals surface area contributed by atoms with E-state index >= 15 is 0 Å². The van der Waals surface area contributed by atoms with Crippen LogP contribution < -0.4 is 5.32 Å². The summed E-state index contributed by atoms with van der Waals surface area (Å²) in [6.45, 7) is 15.1. The minimum Gasteiger partial charge on any atom is -0.316 e. The van der Waals surface area contributed by atoms with Crippen LogP contribution in [0.5, 0.6) is 0 Å². The van der Waals surface area contributed by atoms with Crippen LogP contribution in [-0.2, 0) is 5.75 Å². The van der Waals surface area contributed by atoms with Gasteiger partial charge in [-0.25, -0.2) is 9.97 Å². The quantitative estimate of drug-likeness (QED) is 0.791. The highest BCUT2D eigenvalue weighted by molar-refractivity contribution is 7.99. The Labute approximate surface area is 128 Å². The van der Waals surface area contributed by atoms with Gasteiger partial charge in [-0.1, -0.05) is 27.7 Å². The summed E-state index contributed by atoms with van der Waals surface area (Å²) in [7, 11) is 0. The molecule has 1 rings (SSSR count). The highest BCUT2D eigenvalue weighted by Crippen LogP contribution is 2.23. The molecule has 20 heavy (non-hydrogen) atoms. The van der Waals surface area contributed by atoms with E-state index in [4.69, 9.17) is 9.97 Å². The van der Waals surface area contributed by atoms with Crippen molar-refractivity contribution in [2.75, 3.05) is 13.1 Å². The van der Waals surface area contributed by atoms with E-state index in [1.165, 1.54) is 12.0 Å². The topological polar surface area (TPSA) is 37.8 Å². The SMILES string of the molecule is CCNCC(C)c1c(C)nc(CSC(C)CC)nc1C. The summed E-state index contributed by atoms with van der Waals surface area (Å²) < 4.78 is 0. The van der Waals surface area contributed by atoms with Gasteiger partial charge in [0.15, 0.2) is 0 Å². The van der Waals surface area contributed by atoms with Crippen molar-refractivity contribution in [1.29, 1.82) is 0 Å². The second-order valence-corrected chi connectivity index (χ2v) is 6.89. The Balaban J connectivity index is 2.80. The standard InChI is InChI=1S/C16H29N3S/c1-7-12(4)20-10-15-18-13(5)16(14(6)19-15)11(3)9-17-8-2/h11-12,17H,7-10H2,1-6H3. The van der Waals surface area contributed by atoms with Crippen molar-refractivity contribution in [2.45, 2.75) is 64.9 Å². The molecule has 0 fully saturated rings. The maximum absolute atomic E-state index is 4.71. The molecule has 3 nitrogen and oxygen atoms in total. The lowest BCUT2D eigenvalue weighted by Gasteiger charge is -2.18. The molecule has 4 heteroatoms. The predicted molar refractivity (Wildman–Crippen MR) is 89.5 cm³/mol. The van der Waals surface area contributed by atoms with Crippen LogP contribution in [0.15, 0.2) is 0 Å². The molecule has 0 bridgehead atoms. The van der Waals surface area contributed by atoms with Crippen LogP contribution >= 0.6 is 11.8 Å². The minimum atomic E-state index is 0.464. The molecule has 1 aromatic heterocycles. The molecule has 0 spiro atoms. The lowest BCUT2D eigenvalue weighted by molar-refractivity contribution is 0.623. The van der Waals surface area contributed by atoms with Crippen molar-refractivity contribution < 1.29 is 0 Å².